The van der Waals surface area contributed by atoms with E-state index in [0.717, 1.165) is 18.7 Å². The van der Waals surface area contributed by atoms with Crippen LogP contribution in [0.2, 0.25) is 0 Å². The molecule has 1 atom stereocenters. The van der Waals surface area contributed by atoms with Crippen LogP contribution in [0.5, 0.6) is 0 Å². The highest BCUT2D eigenvalue weighted by molar-refractivity contribution is 7.99. The molecule has 0 spiro atoms. The molecule has 96 valence electrons. The van der Waals surface area contributed by atoms with Gasteiger partial charge in [0, 0.05) is 18.1 Å². The standard InChI is InChI=1S/C11H23NO2S2/c1-11(2)7-10(8-15-9-11)12-5-4-6-16(3,13)14/h10,12H,4-9H2,1-3H3. The molecule has 1 heterocycles. The van der Waals surface area contributed by atoms with Crippen LogP contribution in [0.3, 0.4) is 0 Å². The highest BCUT2D eigenvalue weighted by Crippen LogP contribution is 2.33. The zero-order chi connectivity index (χ0) is 12.2. The third-order valence-corrected chi connectivity index (χ3v) is 5.39. The van der Waals surface area contributed by atoms with E-state index in [4.69, 9.17) is 0 Å². The molecule has 1 unspecified atom stereocenters. The second-order valence-corrected chi connectivity index (χ2v) is 8.81. The van der Waals surface area contributed by atoms with Crippen molar-refractivity contribution in [3.05, 3.63) is 0 Å². The molecule has 1 aliphatic heterocycles. The van der Waals surface area contributed by atoms with Crippen LogP contribution in [0.25, 0.3) is 0 Å². The minimum atomic E-state index is -2.80. The summed E-state index contributed by atoms with van der Waals surface area (Å²) in [5.41, 5.74) is 0.414. The van der Waals surface area contributed by atoms with E-state index in [-0.39, 0.29) is 0 Å². The maximum atomic E-state index is 11.0. The topological polar surface area (TPSA) is 46.2 Å². The van der Waals surface area contributed by atoms with Crippen molar-refractivity contribution < 1.29 is 8.42 Å². The fourth-order valence-electron chi connectivity index (χ4n) is 2.03. The molecule has 0 aromatic rings. The van der Waals surface area contributed by atoms with Crippen molar-refractivity contribution in [2.45, 2.75) is 32.7 Å². The molecule has 0 aromatic heterocycles. The summed E-state index contributed by atoms with van der Waals surface area (Å²) in [6.07, 6.45) is 3.21. The molecule has 16 heavy (non-hydrogen) atoms. The normalized spacial score (nSPS) is 25.6. The summed E-state index contributed by atoms with van der Waals surface area (Å²) in [4.78, 5) is 0. The second-order valence-electron chi connectivity index (χ2n) is 5.52. The fourth-order valence-corrected chi connectivity index (χ4v) is 4.01. The van der Waals surface area contributed by atoms with Gasteiger partial charge < -0.3 is 5.32 Å². The number of rotatable bonds is 5. The van der Waals surface area contributed by atoms with Gasteiger partial charge in [-0.3, -0.25) is 0 Å². The zero-order valence-corrected chi connectivity index (χ0v) is 12.1. The smallest absolute Gasteiger partial charge is 0.147 e. The maximum absolute atomic E-state index is 11.0. The molecule has 1 aliphatic rings. The van der Waals surface area contributed by atoms with Crippen molar-refractivity contribution in [3.63, 3.8) is 0 Å². The first-order chi connectivity index (χ1) is 7.29. The van der Waals surface area contributed by atoms with Crippen molar-refractivity contribution in [1.82, 2.24) is 5.32 Å². The van der Waals surface area contributed by atoms with Crippen LogP contribution >= 0.6 is 11.8 Å². The Bertz CT molecular complexity index is 312. The largest absolute Gasteiger partial charge is 0.313 e. The summed E-state index contributed by atoms with van der Waals surface area (Å²) in [6, 6.07) is 0.549. The predicted molar refractivity (Wildman–Crippen MR) is 71.8 cm³/mol. The Hall–Kier alpha value is 0.260. The van der Waals surface area contributed by atoms with Crippen LogP contribution in [0.4, 0.5) is 0 Å². The minimum absolute atomic E-state index is 0.295. The Morgan fingerprint density at radius 3 is 2.69 bits per heavy atom. The quantitative estimate of drug-likeness (QED) is 0.766. The van der Waals surface area contributed by atoms with E-state index in [9.17, 15) is 8.42 Å². The van der Waals surface area contributed by atoms with Crippen molar-refractivity contribution in [3.8, 4) is 0 Å². The summed E-state index contributed by atoms with van der Waals surface area (Å²) in [5, 5.41) is 3.46. The van der Waals surface area contributed by atoms with Gasteiger partial charge in [-0.15, -0.1) is 0 Å². The van der Waals surface area contributed by atoms with Crippen molar-refractivity contribution in [1.29, 1.82) is 0 Å². The summed E-state index contributed by atoms with van der Waals surface area (Å²) < 4.78 is 21.9. The average Bonchev–Trinajstić information content (AvgIpc) is 2.09. The second kappa shape index (κ2) is 5.74. The van der Waals surface area contributed by atoms with E-state index in [1.807, 2.05) is 11.8 Å². The highest BCUT2D eigenvalue weighted by Gasteiger charge is 2.27. The third-order valence-electron chi connectivity index (χ3n) is 2.74. The van der Waals surface area contributed by atoms with Gasteiger partial charge >= 0.3 is 0 Å². The summed E-state index contributed by atoms with van der Waals surface area (Å²) in [5.74, 6) is 2.68. The van der Waals surface area contributed by atoms with E-state index in [2.05, 4.69) is 19.2 Å². The number of thioether (sulfide) groups is 1. The Kier molecular flexibility index (Phi) is 5.13. The van der Waals surface area contributed by atoms with Crippen molar-refractivity contribution in [2.24, 2.45) is 5.41 Å². The lowest BCUT2D eigenvalue weighted by molar-refractivity contribution is 0.318. The lowest BCUT2D eigenvalue weighted by Gasteiger charge is -2.35. The van der Waals surface area contributed by atoms with Gasteiger partial charge in [-0.25, -0.2) is 8.42 Å². The first-order valence-corrected chi connectivity index (χ1v) is 8.99. The lowest BCUT2D eigenvalue weighted by atomic mass is 9.88. The number of hydrogen-bond donors (Lipinski definition) is 1. The molecule has 0 radical (unpaired) electrons. The average molecular weight is 265 g/mol. The molecule has 0 saturated carbocycles. The Morgan fingerprint density at radius 2 is 2.12 bits per heavy atom. The molecule has 1 fully saturated rings. The van der Waals surface area contributed by atoms with Gasteiger partial charge in [0.25, 0.3) is 0 Å². The van der Waals surface area contributed by atoms with Crippen LogP contribution in [0.15, 0.2) is 0 Å². The number of nitrogens with one attached hydrogen (secondary N) is 1. The Balaban J connectivity index is 2.18. The highest BCUT2D eigenvalue weighted by atomic mass is 32.2. The van der Waals surface area contributed by atoms with Crippen LogP contribution in [0, 0.1) is 5.41 Å². The van der Waals surface area contributed by atoms with E-state index in [1.54, 1.807) is 0 Å². The maximum Gasteiger partial charge on any atom is 0.147 e. The van der Waals surface area contributed by atoms with E-state index in [1.165, 1.54) is 18.4 Å². The van der Waals surface area contributed by atoms with Gasteiger partial charge in [-0.2, -0.15) is 11.8 Å². The first-order valence-electron chi connectivity index (χ1n) is 5.77. The molecule has 0 amide bonds. The fraction of sp³-hybridized carbons (Fsp3) is 1.00. The monoisotopic (exact) mass is 265 g/mol. The van der Waals surface area contributed by atoms with Crippen LogP contribution in [0.1, 0.15) is 26.7 Å². The summed E-state index contributed by atoms with van der Waals surface area (Å²) in [6.45, 7) is 5.41. The van der Waals surface area contributed by atoms with Crippen LogP contribution in [-0.2, 0) is 9.84 Å². The van der Waals surface area contributed by atoms with Gasteiger partial charge in [0.2, 0.25) is 0 Å². The van der Waals surface area contributed by atoms with Crippen LogP contribution in [-0.4, -0.2) is 44.5 Å². The van der Waals surface area contributed by atoms with Gasteiger partial charge in [0.05, 0.1) is 5.75 Å². The molecule has 0 aromatic carbocycles. The van der Waals surface area contributed by atoms with E-state index < -0.39 is 9.84 Å². The predicted octanol–water partition coefficient (Wildman–Crippen LogP) is 1.54. The van der Waals surface area contributed by atoms with Gasteiger partial charge in [-0.1, -0.05) is 13.8 Å². The third kappa shape index (κ3) is 6.11. The summed E-state index contributed by atoms with van der Waals surface area (Å²) in [7, 11) is -2.80. The van der Waals surface area contributed by atoms with Gasteiger partial charge in [0.1, 0.15) is 9.84 Å². The van der Waals surface area contributed by atoms with Crippen LogP contribution < -0.4 is 5.32 Å². The van der Waals surface area contributed by atoms with Gasteiger partial charge in [-0.05, 0) is 30.6 Å². The lowest BCUT2D eigenvalue weighted by Crippen LogP contribution is -2.41. The molecule has 0 aliphatic carbocycles. The molecule has 0 bridgehead atoms. The minimum Gasteiger partial charge on any atom is -0.313 e. The molecule has 5 heteroatoms. The first kappa shape index (κ1) is 14.3. The Labute approximate surface area is 104 Å². The van der Waals surface area contributed by atoms with Crippen molar-refractivity contribution >= 4 is 21.6 Å². The van der Waals surface area contributed by atoms with E-state index in [0.29, 0.717) is 17.2 Å². The molecule has 1 N–H and O–H groups in total. The Morgan fingerprint density at radius 1 is 1.44 bits per heavy atom. The summed E-state index contributed by atoms with van der Waals surface area (Å²) >= 11 is 1.99. The number of hydrogen-bond acceptors (Lipinski definition) is 4. The van der Waals surface area contributed by atoms with Gasteiger partial charge in [0.15, 0.2) is 0 Å². The molecule has 1 saturated heterocycles. The molecular weight excluding hydrogens is 242 g/mol. The molecule has 3 nitrogen and oxygen atoms in total. The zero-order valence-electron chi connectivity index (χ0n) is 10.5. The SMILES string of the molecule is CC1(C)CSCC(NCCCS(C)(=O)=O)C1. The molecule has 1 rings (SSSR count). The number of sulfone groups is 1. The molecular formula is C11H23NO2S2. The van der Waals surface area contributed by atoms with Crippen molar-refractivity contribution in [2.75, 3.05) is 30.1 Å². The van der Waals surface area contributed by atoms with E-state index >= 15 is 0 Å².